The lowest BCUT2D eigenvalue weighted by molar-refractivity contribution is -0.122. The molecule has 0 aromatic heterocycles. The Balaban J connectivity index is 1.34. The number of ether oxygens (including phenoxy) is 1. The molecule has 3 fully saturated rings. The average molecular weight is 375 g/mol. The van der Waals surface area contributed by atoms with Crippen LogP contribution in [0, 0.1) is 5.92 Å². The summed E-state index contributed by atoms with van der Waals surface area (Å²) < 4.78 is 5.40. The molecule has 1 aromatic rings. The number of hydrogen-bond donors (Lipinski definition) is 1. The van der Waals surface area contributed by atoms with Crippen LogP contribution in [0.1, 0.15) is 19.3 Å². The van der Waals surface area contributed by atoms with Crippen molar-refractivity contribution in [2.75, 3.05) is 47.5 Å². The average Bonchev–Trinajstić information content (AvgIpc) is 3.47. The third-order valence-electron chi connectivity index (χ3n) is 5.07. The number of carbonyl (C=O) groups excluding carboxylic acids is 2. The molecule has 26 heavy (non-hydrogen) atoms. The molecule has 1 saturated carbocycles. The van der Waals surface area contributed by atoms with Gasteiger partial charge < -0.3 is 15.0 Å². The molecule has 2 amide bonds. The van der Waals surface area contributed by atoms with E-state index in [1.165, 1.54) is 17.9 Å². The Bertz CT molecular complexity index is 654. The van der Waals surface area contributed by atoms with E-state index in [-0.39, 0.29) is 24.0 Å². The maximum absolute atomic E-state index is 12.2. The Morgan fingerprint density at radius 2 is 1.92 bits per heavy atom. The lowest BCUT2D eigenvalue weighted by atomic mass is 10.2. The summed E-state index contributed by atoms with van der Waals surface area (Å²) in [5.41, 5.74) is 2.05. The van der Waals surface area contributed by atoms with Crippen molar-refractivity contribution in [2.24, 2.45) is 5.92 Å². The van der Waals surface area contributed by atoms with Gasteiger partial charge in [-0.25, -0.2) is 4.79 Å². The molecule has 0 bridgehead atoms. The third-order valence-corrected chi connectivity index (χ3v) is 6.12. The minimum absolute atomic E-state index is 0.0828. The van der Waals surface area contributed by atoms with Crippen molar-refractivity contribution in [2.45, 2.75) is 25.4 Å². The first-order valence-corrected chi connectivity index (χ1v) is 10.5. The maximum atomic E-state index is 12.2. The molecule has 6 nitrogen and oxygen atoms in total. The second-order valence-electron chi connectivity index (χ2n) is 7.11. The highest BCUT2D eigenvalue weighted by Gasteiger charge is 2.34. The Morgan fingerprint density at radius 1 is 1.15 bits per heavy atom. The molecule has 1 aromatic carbocycles. The first-order valence-electron chi connectivity index (χ1n) is 9.39. The Kier molecular flexibility index (Phi) is 5.24. The van der Waals surface area contributed by atoms with Gasteiger partial charge >= 0.3 is 6.09 Å². The number of nitrogens with zero attached hydrogens (tertiary/aromatic N) is 2. The predicted molar refractivity (Wildman–Crippen MR) is 104 cm³/mol. The first-order chi connectivity index (χ1) is 12.7. The van der Waals surface area contributed by atoms with Crippen molar-refractivity contribution in [1.82, 2.24) is 5.32 Å². The van der Waals surface area contributed by atoms with Gasteiger partial charge in [-0.2, -0.15) is 11.8 Å². The van der Waals surface area contributed by atoms with E-state index in [1.54, 1.807) is 4.90 Å². The molecule has 0 spiro atoms. The zero-order valence-corrected chi connectivity index (χ0v) is 15.7. The van der Waals surface area contributed by atoms with Gasteiger partial charge in [-0.15, -0.1) is 0 Å². The molecule has 2 saturated heterocycles. The highest BCUT2D eigenvalue weighted by atomic mass is 32.2. The van der Waals surface area contributed by atoms with Gasteiger partial charge in [0.25, 0.3) is 0 Å². The Labute approximate surface area is 158 Å². The molecule has 140 valence electrons. The summed E-state index contributed by atoms with van der Waals surface area (Å²) in [6.07, 6.45) is 2.54. The summed E-state index contributed by atoms with van der Waals surface area (Å²) in [4.78, 5) is 28.0. The summed E-state index contributed by atoms with van der Waals surface area (Å²) in [6.45, 7) is 3.02. The monoisotopic (exact) mass is 375 g/mol. The molecule has 1 atom stereocenters. The molecule has 1 unspecified atom stereocenters. The number of rotatable bonds is 5. The molecular formula is C19H25N3O3S. The van der Waals surface area contributed by atoms with E-state index in [2.05, 4.69) is 22.3 Å². The fourth-order valence-corrected chi connectivity index (χ4v) is 4.28. The van der Waals surface area contributed by atoms with Crippen LogP contribution in [0.15, 0.2) is 24.3 Å². The number of carbonyl (C=O) groups is 2. The first kappa shape index (κ1) is 17.5. The van der Waals surface area contributed by atoms with Gasteiger partial charge in [0.05, 0.1) is 13.1 Å². The Hall–Kier alpha value is -1.89. The van der Waals surface area contributed by atoms with Gasteiger partial charge in [0.1, 0.15) is 6.10 Å². The molecule has 0 radical (unpaired) electrons. The lowest BCUT2D eigenvalue weighted by Gasteiger charge is -2.23. The van der Waals surface area contributed by atoms with Gasteiger partial charge in [0.15, 0.2) is 0 Å². The number of anilines is 2. The van der Waals surface area contributed by atoms with E-state index >= 15 is 0 Å². The van der Waals surface area contributed by atoms with Crippen LogP contribution in [-0.2, 0) is 9.53 Å². The molecule has 7 heteroatoms. The molecule has 1 N–H and O–H groups in total. The number of hydrogen-bond acceptors (Lipinski definition) is 5. The molecule has 2 heterocycles. The largest absolute Gasteiger partial charge is 0.442 e. The van der Waals surface area contributed by atoms with Gasteiger partial charge in [0.2, 0.25) is 5.91 Å². The van der Waals surface area contributed by atoms with E-state index in [1.807, 2.05) is 23.9 Å². The van der Waals surface area contributed by atoms with Crippen LogP contribution in [-0.4, -0.2) is 55.8 Å². The van der Waals surface area contributed by atoms with Crippen molar-refractivity contribution in [1.29, 1.82) is 0 Å². The highest BCUT2D eigenvalue weighted by molar-refractivity contribution is 7.99. The van der Waals surface area contributed by atoms with Gasteiger partial charge in [0, 0.05) is 36.1 Å². The van der Waals surface area contributed by atoms with Crippen molar-refractivity contribution >= 4 is 35.1 Å². The minimum Gasteiger partial charge on any atom is -0.442 e. The highest BCUT2D eigenvalue weighted by Crippen LogP contribution is 2.29. The van der Waals surface area contributed by atoms with Crippen molar-refractivity contribution < 1.29 is 14.3 Å². The third kappa shape index (κ3) is 4.09. The van der Waals surface area contributed by atoms with Crippen LogP contribution in [0.5, 0.6) is 0 Å². The minimum atomic E-state index is -0.338. The van der Waals surface area contributed by atoms with Crippen molar-refractivity contribution in [3.8, 4) is 0 Å². The molecule has 1 aliphatic carbocycles. The van der Waals surface area contributed by atoms with Crippen LogP contribution in [0.2, 0.25) is 0 Å². The lowest BCUT2D eigenvalue weighted by Crippen LogP contribution is -2.35. The summed E-state index contributed by atoms with van der Waals surface area (Å²) in [5, 5.41) is 2.89. The van der Waals surface area contributed by atoms with E-state index in [0.717, 1.165) is 37.4 Å². The molecular weight excluding hydrogens is 350 g/mol. The van der Waals surface area contributed by atoms with Crippen molar-refractivity contribution in [3.63, 3.8) is 0 Å². The Morgan fingerprint density at radius 3 is 2.69 bits per heavy atom. The van der Waals surface area contributed by atoms with Gasteiger partial charge in [-0.3, -0.25) is 9.69 Å². The second-order valence-corrected chi connectivity index (χ2v) is 8.33. The SMILES string of the molecule is O=C(NCC1CN(c2ccc(N3CCCSCC3)cc2)C(=O)O1)C1CC1. The number of nitrogens with one attached hydrogen (secondary N) is 1. The molecule has 3 aliphatic rings. The maximum Gasteiger partial charge on any atom is 0.414 e. The van der Waals surface area contributed by atoms with E-state index < -0.39 is 0 Å². The fraction of sp³-hybridized carbons (Fsp3) is 0.579. The quantitative estimate of drug-likeness (QED) is 0.857. The van der Waals surface area contributed by atoms with E-state index in [4.69, 9.17) is 4.74 Å². The number of cyclic esters (lactones) is 1. The zero-order chi connectivity index (χ0) is 17.9. The molecule has 2 aliphatic heterocycles. The van der Waals surface area contributed by atoms with Crippen LogP contribution in [0.4, 0.5) is 16.2 Å². The number of amides is 2. The molecule has 4 rings (SSSR count). The number of thioether (sulfide) groups is 1. The van der Waals surface area contributed by atoms with E-state index in [0.29, 0.717) is 13.1 Å². The standard InChI is InChI=1S/C19H25N3O3S/c23-18(14-2-3-14)20-12-17-13-22(19(24)25-17)16-6-4-15(5-7-16)21-8-1-10-26-11-9-21/h4-7,14,17H,1-3,8-13H2,(H,20,23). The summed E-state index contributed by atoms with van der Waals surface area (Å²) in [6, 6.07) is 8.14. The smallest absolute Gasteiger partial charge is 0.414 e. The van der Waals surface area contributed by atoms with Crippen LogP contribution >= 0.6 is 11.8 Å². The van der Waals surface area contributed by atoms with Crippen molar-refractivity contribution in [3.05, 3.63) is 24.3 Å². The van der Waals surface area contributed by atoms with Gasteiger partial charge in [-0.1, -0.05) is 0 Å². The van der Waals surface area contributed by atoms with E-state index in [9.17, 15) is 9.59 Å². The topological polar surface area (TPSA) is 61.9 Å². The summed E-state index contributed by atoms with van der Waals surface area (Å²) in [7, 11) is 0. The number of benzene rings is 1. The van der Waals surface area contributed by atoms with Gasteiger partial charge in [-0.05, 0) is 49.3 Å². The summed E-state index contributed by atoms with van der Waals surface area (Å²) in [5.74, 6) is 2.65. The van der Waals surface area contributed by atoms with Crippen LogP contribution < -0.4 is 15.1 Å². The summed E-state index contributed by atoms with van der Waals surface area (Å²) >= 11 is 2.01. The second kappa shape index (κ2) is 7.78. The normalized spacial score (nSPS) is 23.5. The fourth-order valence-electron chi connectivity index (χ4n) is 3.39. The predicted octanol–water partition coefficient (Wildman–Crippen LogP) is 2.48. The zero-order valence-electron chi connectivity index (χ0n) is 14.9. The van der Waals surface area contributed by atoms with Crippen LogP contribution in [0.3, 0.4) is 0 Å². The van der Waals surface area contributed by atoms with Crippen LogP contribution in [0.25, 0.3) is 0 Å².